The molecule has 1 aromatic carbocycles. The third kappa shape index (κ3) is 3.67. The highest BCUT2D eigenvalue weighted by Crippen LogP contribution is 2.58. The normalized spacial score (nSPS) is 30.9. The van der Waals surface area contributed by atoms with Crippen LogP contribution in [-0.4, -0.2) is 68.9 Å². The van der Waals surface area contributed by atoms with Crippen LogP contribution in [0.4, 0.5) is 0 Å². The lowest BCUT2D eigenvalue weighted by molar-refractivity contribution is -0.139. The maximum absolute atomic E-state index is 14.4. The number of phenolic OH excluding ortho intramolecular Hbond substituents is 1. The summed E-state index contributed by atoms with van der Waals surface area (Å²) in [7, 11) is 2.94. The molecule has 41 heavy (non-hydrogen) atoms. The van der Waals surface area contributed by atoms with Crippen molar-refractivity contribution in [2.75, 3.05) is 14.1 Å². The van der Waals surface area contributed by atoms with E-state index in [0.29, 0.717) is 11.1 Å². The van der Waals surface area contributed by atoms with Gasteiger partial charge in [-0.05, 0) is 75.9 Å². The number of allylic oxidation sites excluding steroid dienone is 2. The van der Waals surface area contributed by atoms with Crippen LogP contribution in [0.5, 0.6) is 5.75 Å². The zero-order chi connectivity index (χ0) is 30.1. The topological polar surface area (TPSA) is 217 Å². The number of primary amides is 1. The van der Waals surface area contributed by atoms with Crippen LogP contribution in [0.2, 0.25) is 0 Å². The Bertz CT molecular complexity index is 1640. The third-order valence-electron chi connectivity index (χ3n) is 8.78. The summed E-state index contributed by atoms with van der Waals surface area (Å²) in [5, 5.41) is 44.0. The molecule has 9 N–H and O–H groups in total. The quantitative estimate of drug-likeness (QED) is 0.221. The van der Waals surface area contributed by atoms with E-state index in [2.05, 4.69) is 17.9 Å². The van der Waals surface area contributed by atoms with Crippen LogP contribution in [0.15, 0.2) is 40.7 Å². The van der Waals surface area contributed by atoms with Crippen molar-refractivity contribution in [3.05, 3.63) is 57.4 Å². The maximum atomic E-state index is 14.4. The van der Waals surface area contributed by atoms with E-state index in [4.69, 9.17) is 17.2 Å². The van der Waals surface area contributed by atoms with Crippen molar-refractivity contribution >= 4 is 23.2 Å². The first-order valence-corrected chi connectivity index (χ1v) is 13.2. The minimum Gasteiger partial charge on any atom is -0.509 e. The number of hydrogen-bond acceptors (Lipinski definition) is 10. The molecule has 0 aliphatic heterocycles. The Labute approximate surface area is 236 Å². The van der Waals surface area contributed by atoms with Crippen LogP contribution in [0.1, 0.15) is 48.8 Å². The number of amides is 1. The number of fused-ring (bicyclic) bond motifs is 3. The fourth-order valence-corrected chi connectivity index (χ4v) is 7.05. The molecule has 4 aliphatic carbocycles. The minimum absolute atomic E-state index is 0.0777. The van der Waals surface area contributed by atoms with E-state index in [-0.39, 0.29) is 17.7 Å². The first kappa shape index (κ1) is 28.1. The lowest BCUT2D eigenvalue weighted by atomic mass is 9.47. The number of benzene rings is 1. The van der Waals surface area contributed by atoms with E-state index in [1.54, 1.807) is 12.1 Å². The largest absolute Gasteiger partial charge is 0.509 e. The number of aromatic hydroxyl groups is 1. The summed E-state index contributed by atoms with van der Waals surface area (Å²) >= 11 is 0. The smallest absolute Gasteiger partial charge is 0.255 e. The number of nitrogens with zero attached hydrogens (tertiary/aromatic N) is 2. The maximum Gasteiger partial charge on any atom is 0.255 e. The summed E-state index contributed by atoms with van der Waals surface area (Å²) in [5.41, 5.74) is 12.9. The SMILES string of the molecule is CN(C)[C@@H]1C(=O)C(C(N)=O)=C(O)[C@@]2(C#N)C(=O)C3=C(O)c4c(O)ccc(C#CC5=CCCCC5)c4C[C@@]3(N)C[C@@]12N. The highest BCUT2D eigenvalue weighted by Gasteiger charge is 2.74. The number of Topliss-reactive ketones (excluding diaryl/α,β-unsaturated/α-hetero) is 2. The van der Waals surface area contributed by atoms with E-state index in [1.165, 1.54) is 25.1 Å². The van der Waals surface area contributed by atoms with Gasteiger partial charge in [-0.25, -0.2) is 0 Å². The Hall–Kier alpha value is -4.42. The first-order valence-electron chi connectivity index (χ1n) is 13.2. The van der Waals surface area contributed by atoms with Crippen LogP contribution in [0.25, 0.3) is 5.76 Å². The highest BCUT2D eigenvalue weighted by molar-refractivity contribution is 6.25. The Balaban J connectivity index is 1.79. The van der Waals surface area contributed by atoms with Gasteiger partial charge < -0.3 is 32.5 Å². The summed E-state index contributed by atoms with van der Waals surface area (Å²) < 4.78 is 0. The molecular weight excluding hydrogens is 526 g/mol. The Kier molecular flexibility index (Phi) is 6.39. The number of aliphatic hydroxyl groups excluding tert-OH is 2. The van der Waals surface area contributed by atoms with Crippen molar-refractivity contribution in [1.29, 1.82) is 5.26 Å². The summed E-state index contributed by atoms with van der Waals surface area (Å²) in [4.78, 5) is 41.5. The molecule has 4 aliphatic rings. The predicted octanol–water partition coefficient (Wildman–Crippen LogP) is 0.757. The van der Waals surface area contributed by atoms with Gasteiger partial charge in [-0.1, -0.05) is 17.9 Å². The Morgan fingerprint density at radius 1 is 1.12 bits per heavy atom. The highest BCUT2D eigenvalue weighted by atomic mass is 16.3. The first-order chi connectivity index (χ1) is 19.2. The second kappa shape index (κ2) is 9.32. The standard InChI is InChI=1S/C30H31N5O6/c1-35(2)24-23(38)20(27(32)41)25(39)29(14-31)26(40)21-22(37)19-17(12-28(21,33)13-30(24,29)34)16(10-11-18(19)36)9-8-15-6-4-3-5-7-15/h6,10-11,24,36-37,39H,3-5,7,12-13,33-34H2,1-2H3,(H2,32,41)/t24-,28-,29+,30-/m1/s1. The zero-order valence-corrected chi connectivity index (χ0v) is 22.7. The van der Waals surface area contributed by atoms with Gasteiger partial charge in [0.05, 0.1) is 34.3 Å². The lowest BCUT2D eigenvalue weighted by Gasteiger charge is -2.58. The van der Waals surface area contributed by atoms with Crippen LogP contribution in [0, 0.1) is 28.6 Å². The molecule has 0 spiro atoms. The number of nitriles is 1. The second-order valence-corrected chi connectivity index (χ2v) is 11.5. The number of rotatable bonds is 2. The number of carbonyl (C=O) groups excluding carboxylic acids is 3. The zero-order valence-electron chi connectivity index (χ0n) is 22.7. The summed E-state index contributed by atoms with van der Waals surface area (Å²) in [6.07, 6.45) is 5.40. The molecule has 0 bridgehead atoms. The van der Waals surface area contributed by atoms with Crippen molar-refractivity contribution < 1.29 is 29.7 Å². The van der Waals surface area contributed by atoms with Gasteiger partial charge in [0, 0.05) is 5.56 Å². The molecule has 0 aromatic heterocycles. The molecule has 1 saturated carbocycles. The van der Waals surface area contributed by atoms with Crippen molar-refractivity contribution in [2.45, 2.75) is 55.6 Å². The van der Waals surface area contributed by atoms with Gasteiger partial charge in [-0.3, -0.25) is 19.3 Å². The van der Waals surface area contributed by atoms with E-state index >= 15 is 0 Å². The van der Waals surface area contributed by atoms with Crippen LogP contribution < -0.4 is 17.2 Å². The molecule has 1 fully saturated rings. The van der Waals surface area contributed by atoms with Gasteiger partial charge in [0.2, 0.25) is 0 Å². The monoisotopic (exact) mass is 557 g/mol. The number of hydrogen-bond donors (Lipinski definition) is 6. The molecule has 11 nitrogen and oxygen atoms in total. The molecule has 1 aromatic rings. The molecule has 1 amide bonds. The summed E-state index contributed by atoms with van der Waals surface area (Å²) in [5.74, 6) is 0.567. The molecule has 0 heterocycles. The summed E-state index contributed by atoms with van der Waals surface area (Å²) in [6, 6.07) is 3.23. The van der Waals surface area contributed by atoms with Crippen LogP contribution in [0.3, 0.4) is 0 Å². The number of aliphatic hydroxyl groups is 2. The Morgan fingerprint density at radius 3 is 2.41 bits per heavy atom. The van der Waals surface area contributed by atoms with Gasteiger partial charge in [0.25, 0.3) is 5.91 Å². The molecule has 0 saturated heterocycles. The fraction of sp³-hybridized carbons (Fsp3) is 0.400. The number of phenols is 1. The van der Waals surface area contributed by atoms with E-state index < -0.39 is 69.1 Å². The van der Waals surface area contributed by atoms with Crippen LogP contribution >= 0.6 is 0 Å². The molecule has 5 rings (SSSR count). The minimum atomic E-state index is -2.69. The molecule has 0 unspecified atom stereocenters. The fourth-order valence-electron chi connectivity index (χ4n) is 7.05. The van der Waals surface area contributed by atoms with Crippen LogP contribution in [-0.2, 0) is 20.8 Å². The molecule has 11 heteroatoms. The van der Waals surface area contributed by atoms with Crippen molar-refractivity contribution in [1.82, 2.24) is 4.90 Å². The van der Waals surface area contributed by atoms with Crippen molar-refractivity contribution in [3.63, 3.8) is 0 Å². The second-order valence-electron chi connectivity index (χ2n) is 11.5. The average Bonchev–Trinajstić information content (AvgIpc) is 2.87. The molecule has 0 radical (unpaired) electrons. The molecular formula is C30H31N5O6. The van der Waals surface area contributed by atoms with E-state index in [9.17, 15) is 35.0 Å². The van der Waals surface area contributed by atoms with Gasteiger partial charge in [0.15, 0.2) is 17.0 Å². The van der Waals surface area contributed by atoms with Crippen molar-refractivity contribution in [2.24, 2.45) is 22.6 Å². The average molecular weight is 558 g/mol. The Morgan fingerprint density at radius 2 is 1.83 bits per heavy atom. The van der Waals surface area contributed by atoms with E-state index in [0.717, 1.165) is 31.3 Å². The van der Waals surface area contributed by atoms with Gasteiger partial charge in [-0.15, -0.1) is 0 Å². The third-order valence-corrected chi connectivity index (χ3v) is 8.78. The number of carbonyl (C=O) groups is 3. The van der Waals surface area contributed by atoms with Crippen molar-refractivity contribution in [3.8, 4) is 23.7 Å². The number of likely N-dealkylation sites (N-methyl/N-ethyl adjacent to an activating group) is 1. The van der Waals surface area contributed by atoms with Gasteiger partial charge in [0.1, 0.15) is 22.8 Å². The van der Waals surface area contributed by atoms with Gasteiger partial charge in [-0.2, -0.15) is 5.26 Å². The molecule has 4 atom stereocenters. The predicted molar refractivity (Wildman–Crippen MR) is 148 cm³/mol. The molecule has 212 valence electrons. The van der Waals surface area contributed by atoms with E-state index in [1.807, 2.05) is 0 Å². The summed E-state index contributed by atoms with van der Waals surface area (Å²) in [6.45, 7) is 0. The number of ketones is 2. The van der Waals surface area contributed by atoms with Gasteiger partial charge >= 0.3 is 0 Å². The number of nitrogens with two attached hydrogens (primary N) is 3. The lowest BCUT2D eigenvalue weighted by Crippen LogP contribution is -2.80.